The molecule has 33 heavy (non-hydrogen) atoms. The molecule has 3 nitrogen and oxygen atoms in total. The van der Waals surface area contributed by atoms with Crippen molar-refractivity contribution in [3.05, 3.63) is 88.5 Å². The lowest BCUT2D eigenvalue weighted by Gasteiger charge is -2.24. The van der Waals surface area contributed by atoms with Gasteiger partial charge in [0.25, 0.3) is 0 Å². The monoisotopic (exact) mass is 469 g/mol. The van der Waals surface area contributed by atoms with Crippen LogP contribution in [0.15, 0.2) is 54.6 Å². The Morgan fingerprint density at radius 3 is 2.18 bits per heavy atom. The first-order valence-electron chi connectivity index (χ1n) is 10.9. The smallest absolute Gasteiger partial charge is 0.231 e. The van der Waals surface area contributed by atoms with E-state index in [0.29, 0.717) is 11.4 Å². The minimum atomic E-state index is -0.853. The second-order valence-corrected chi connectivity index (χ2v) is 9.56. The van der Waals surface area contributed by atoms with Crippen LogP contribution in [0.2, 0.25) is 0 Å². The minimum absolute atomic E-state index is 0. The molecule has 0 aliphatic carbocycles. The van der Waals surface area contributed by atoms with Crippen LogP contribution in [-0.4, -0.2) is 23.1 Å². The first kappa shape index (κ1) is 23.2. The van der Waals surface area contributed by atoms with Gasteiger partial charge in [-0.15, -0.1) is 0 Å². The van der Waals surface area contributed by atoms with Crippen molar-refractivity contribution < 1.29 is 35.2 Å². The molecule has 3 aromatic carbocycles. The number of hydrogen-bond donors (Lipinski definition) is 0. The third kappa shape index (κ3) is 4.10. The fourth-order valence-corrected chi connectivity index (χ4v) is 4.57. The summed E-state index contributed by atoms with van der Waals surface area (Å²) in [5, 5.41) is 0. The Morgan fingerprint density at radius 2 is 1.55 bits per heavy atom. The normalized spacial score (nSPS) is 17.0. The van der Waals surface area contributed by atoms with Crippen LogP contribution in [0.3, 0.4) is 0 Å². The minimum Gasteiger partial charge on any atom is -1.00 e. The van der Waals surface area contributed by atoms with E-state index < -0.39 is 11.6 Å². The molecule has 1 unspecified atom stereocenters. The van der Waals surface area contributed by atoms with Gasteiger partial charge in [-0.1, -0.05) is 32.9 Å². The topological polar surface area (TPSA) is 21.5 Å². The summed E-state index contributed by atoms with van der Waals surface area (Å²) in [6.45, 7) is 8.85. The number of rotatable bonds is 2. The standard InChI is InChI=1S/C27H26F2NO2.ClH/c1-16-11-18-12-24-25(32-15-31-24)14-21(18)26(17-5-7-19(8-6-17)27(2,3)4)30(16)20-9-10-22(28)23(29)13-20;/h5-10,12-14,16H,11,15H2,1-4H3;1H/q+1;/p-1. The van der Waals surface area contributed by atoms with E-state index in [1.807, 2.05) is 12.1 Å². The van der Waals surface area contributed by atoms with Crippen LogP contribution in [0.25, 0.3) is 0 Å². The molecule has 5 rings (SSSR count). The number of benzene rings is 3. The average molecular weight is 470 g/mol. The highest BCUT2D eigenvalue weighted by molar-refractivity contribution is 6.12. The molecule has 2 aliphatic heterocycles. The molecule has 0 radical (unpaired) electrons. The van der Waals surface area contributed by atoms with Crippen molar-refractivity contribution in [2.24, 2.45) is 0 Å². The predicted octanol–water partition coefficient (Wildman–Crippen LogP) is 3.12. The van der Waals surface area contributed by atoms with Gasteiger partial charge in [0.15, 0.2) is 29.2 Å². The maximum absolute atomic E-state index is 14.2. The maximum atomic E-state index is 14.2. The fourth-order valence-electron chi connectivity index (χ4n) is 4.57. The molecule has 0 saturated heterocycles. The van der Waals surface area contributed by atoms with Gasteiger partial charge in [-0.3, -0.25) is 0 Å². The summed E-state index contributed by atoms with van der Waals surface area (Å²) in [5.41, 5.74) is 6.01. The summed E-state index contributed by atoms with van der Waals surface area (Å²) in [5.74, 6) is -0.251. The number of ether oxygens (including phenoxy) is 2. The first-order chi connectivity index (χ1) is 15.2. The molecule has 0 aromatic heterocycles. The molecule has 0 amide bonds. The molecule has 172 valence electrons. The Morgan fingerprint density at radius 1 is 0.879 bits per heavy atom. The molecule has 0 saturated carbocycles. The second kappa shape index (κ2) is 8.45. The highest BCUT2D eigenvalue weighted by Gasteiger charge is 2.36. The molecule has 0 N–H and O–H groups in total. The van der Waals surface area contributed by atoms with Crippen LogP contribution >= 0.6 is 0 Å². The van der Waals surface area contributed by atoms with Crippen molar-refractivity contribution in [2.45, 2.75) is 45.6 Å². The first-order valence-corrected chi connectivity index (χ1v) is 10.9. The van der Waals surface area contributed by atoms with Gasteiger partial charge in [0.2, 0.25) is 18.2 Å². The van der Waals surface area contributed by atoms with E-state index >= 15 is 0 Å². The van der Waals surface area contributed by atoms with E-state index in [1.165, 1.54) is 17.7 Å². The van der Waals surface area contributed by atoms with Crippen molar-refractivity contribution >= 4 is 11.4 Å². The molecule has 0 fully saturated rings. The van der Waals surface area contributed by atoms with Gasteiger partial charge in [0, 0.05) is 24.1 Å². The predicted molar refractivity (Wildman–Crippen MR) is 120 cm³/mol. The summed E-state index contributed by atoms with van der Waals surface area (Å²) < 4.78 is 41.2. The molecule has 6 heteroatoms. The van der Waals surface area contributed by atoms with E-state index in [2.05, 4.69) is 56.5 Å². The lowest BCUT2D eigenvalue weighted by atomic mass is 9.84. The number of hydrogen-bond acceptors (Lipinski definition) is 2. The maximum Gasteiger partial charge on any atom is 0.231 e. The van der Waals surface area contributed by atoms with Gasteiger partial charge < -0.3 is 21.9 Å². The van der Waals surface area contributed by atoms with Crippen LogP contribution in [-0.2, 0) is 11.8 Å². The van der Waals surface area contributed by atoms with Crippen molar-refractivity contribution in [2.75, 3.05) is 6.79 Å². The molecule has 2 aliphatic rings. The van der Waals surface area contributed by atoms with Gasteiger partial charge in [0.1, 0.15) is 0 Å². The summed E-state index contributed by atoms with van der Waals surface area (Å²) in [6, 6.07) is 16.7. The van der Waals surface area contributed by atoms with E-state index in [4.69, 9.17) is 9.47 Å². The van der Waals surface area contributed by atoms with Crippen LogP contribution in [0.5, 0.6) is 11.5 Å². The van der Waals surface area contributed by atoms with Crippen LogP contribution < -0.4 is 21.9 Å². The van der Waals surface area contributed by atoms with Crippen LogP contribution in [0, 0.1) is 11.6 Å². The molecule has 2 heterocycles. The van der Waals surface area contributed by atoms with Crippen molar-refractivity contribution in [3.63, 3.8) is 0 Å². The Hall–Kier alpha value is -2.92. The van der Waals surface area contributed by atoms with Gasteiger partial charge >= 0.3 is 0 Å². The molecular weight excluding hydrogens is 444 g/mol. The van der Waals surface area contributed by atoms with E-state index in [9.17, 15) is 8.78 Å². The highest BCUT2D eigenvalue weighted by atomic mass is 35.5. The fraction of sp³-hybridized carbons (Fsp3) is 0.296. The summed E-state index contributed by atoms with van der Waals surface area (Å²) in [4.78, 5) is 0. The molecular formula is C27H26ClF2NO2. The van der Waals surface area contributed by atoms with E-state index in [-0.39, 0.29) is 30.7 Å². The lowest BCUT2D eigenvalue weighted by molar-refractivity contribution is -0.481. The Bertz CT molecular complexity index is 1250. The zero-order valence-electron chi connectivity index (χ0n) is 19.1. The van der Waals surface area contributed by atoms with Crippen molar-refractivity contribution in [1.29, 1.82) is 0 Å². The number of nitrogens with zero attached hydrogens (tertiary/aromatic N) is 1. The number of fused-ring (bicyclic) bond motifs is 2. The van der Waals surface area contributed by atoms with Crippen LogP contribution in [0.4, 0.5) is 14.5 Å². The van der Waals surface area contributed by atoms with Crippen LogP contribution in [0.1, 0.15) is 49.9 Å². The lowest BCUT2D eigenvalue weighted by Crippen LogP contribution is -3.00. The largest absolute Gasteiger partial charge is 1.00 e. The summed E-state index contributed by atoms with van der Waals surface area (Å²) in [7, 11) is 0. The quantitative estimate of drug-likeness (QED) is 0.538. The molecule has 3 aromatic rings. The Kier molecular flexibility index (Phi) is 5.95. The van der Waals surface area contributed by atoms with Crippen molar-refractivity contribution in [1.82, 2.24) is 0 Å². The van der Waals surface area contributed by atoms with E-state index in [1.54, 1.807) is 6.07 Å². The van der Waals surface area contributed by atoms with Crippen molar-refractivity contribution in [3.8, 4) is 11.5 Å². The van der Waals surface area contributed by atoms with Gasteiger partial charge in [0.05, 0.1) is 5.56 Å². The van der Waals surface area contributed by atoms with Gasteiger partial charge in [-0.05, 0) is 53.8 Å². The van der Waals surface area contributed by atoms with E-state index in [0.717, 1.165) is 34.6 Å². The molecule has 1 atom stereocenters. The van der Waals surface area contributed by atoms with Gasteiger partial charge in [-0.2, -0.15) is 4.58 Å². The number of halogens is 3. The average Bonchev–Trinajstić information content (AvgIpc) is 3.20. The molecule has 0 spiro atoms. The third-order valence-corrected chi connectivity index (χ3v) is 6.26. The Balaban J connectivity index is 0.00000259. The van der Waals surface area contributed by atoms with Gasteiger partial charge in [-0.25, -0.2) is 8.78 Å². The summed E-state index contributed by atoms with van der Waals surface area (Å²) in [6.07, 6.45) is 0.745. The zero-order chi connectivity index (χ0) is 22.6. The third-order valence-electron chi connectivity index (χ3n) is 6.26. The highest BCUT2D eigenvalue weighted by Crippen LogP contribution is 2.39. The zero-order valence-corrected chi connectivity index (χ0v) is 19.8. The molecule has 0 bridgehead atoms. The second-order valence-electron chi connectivity index (χ2n) is 9.56. The summed E-state index contributed by atoms with van der Waals surface area (Å²) >= 11 is 0. The SMILES string of the molecule is CC1Cc2cc3c(cc2C(c2ccc(C(C)(C)C)cc2)=[N+]1c1ccc(F)c(F)c1)OCO3.[Cl-]. The Labute approximate surface area is 199 Å².